The average Bonchev–Trinajstić information content (AvgIpc) is 2.24. The molecule has 1 fully saturated rings. The summed E-state index contributed by atoms with van der Waals surface area (Å²) in [6, 6.07) is 1.79. The van der Waals surface area contributed by atoms with Gasteiger partial charge in [0.15, 0.2) is 0 Å². The van der Waals surface area contributed by atoms with Crippen LogP contribution in [0.4, 0.5) is 11.8 Å². The monoisotopic (exact) mass is 264 g/mol. The van der Waals surface area contributed by atoms with Crippen molar-refractivity contribution in [3.8, 4) is 5.88 Å². The van der Waals surface area contributed by atoms with Gasteiger partial charge in [0, 0.05) is 13.1 Å². The average molecular weight is 264 g/mol. The Morgan fingerprint density at radius 2 is 2.11 bits per heavy atom. The molecule has 1 aliphatic carbocycles. The summed E-state index contributed by atoms with van der Waals surface area (Å²) in [6.45, 7) is 6.88. The predicted molar refractivity (Wildman–Crippen MR) is 77.2 cm³/mol. The lowest BCUT2D eigenvalue weighted by atomic mass is 9.71. The van der Waals surface area contributed by atoms with Gasteiger partial charge in [-0.3, -0.25) is 0 Å². The van der Waals surface area contributed by atoms with Crippen LogP contribution >= 0.6 is 0 Å². The second-order valence-electron chi connectivity index (χ2n) is 6.35. The van der Waals surface area contributed by atoms with Gasteiger partial charge in [0.1, 0.15) is 11.9 Å². The molecule has 1 aromatic rings. The highest BCUT2D eigenvalue weighted by molar-refractivity contribution is 5.42. The summed E-state index contributed by atoms with van der Waals surface area (Å²) in [6.07, 6.45) is 3.58. The van der Waals surface area contributed by atoms with Crippen molar-refractivity contribution in [1.82, 2.24) is 9.97 Å². The second kappa shape index (κ2) is 5.23. The van der Waals surface area contributed by atoms with Crippen LogP contribution in [0.25, 0.3) is 0 Å². The fraction of sp³-hybridized carbons (Fsp3) is 0.714. The molecule has 1 aromatic heterocycles. The molecule has 0 spiro atoms. The Kier molecular flexibility index (Phi) is 3.83. The standard InChI is InChI=1S/C14H24N4O/c1-9-5-10(8-14(2,3)7-9)19-12-6-11(16-4)17-13(15)18-12/h6,9-10H,5,7-8H2,1-4H3,(H3,15,16,17,18). The Balaban J connectivity index is 2.10. The molecule has 0 aliphatic heterocycles. The Morgan fingerprint density at radius 3 is 2.74 bits per heavy atom. The number of nitrogens with one attached hydrogen (secondary N) is 1. The zero-order valence-corrected chi connectivity index (χ0v) is 12.2. The largest absolute Gasteiger partial charge is 0.474 e. The van der Waals surface area contributed by atoms with Crippen LogP contribution < -0.4 is 15.8 Å². The summed E-state index contributed by atoms with van der Waals surface area (Å²) in [5, 5.41) is 2.96. The normalized spacial score (nSPS) is 25.9. The van der Waals surface area contributed by atoms with E-state index < -0.39 is 0 Å². The molecule has 0 amide bonds. The van der Waals surface area contributed by atoms with E-state index in [0.29, 0.717) is 23.0 Å². The molecule has 19 heavy (non-hydrogen) atoms. The zero-order valence-electron chi connectivity index (χ0n) is 12.2. The van der Waals surface area contributed by atoms with Crippen molar-refractivity contribution >= 4 is 11.8 Å². The maximum Gasteiger partial charge on any atom is 0.225 e. The zero-order chi connectivity index (χ0) is 14.0. The molecule has 5 heteroatoms. The van der Waals surface area contributed by atoms with Crippen molar-refractivity contribution in [3.05, 3.63) is 6.07 Å². The molecular formula is C14H24N4O. The molecule has 1 saturated carbocycles. The molecule has 0 bridgehead atoms. The molecule has 1 aliphatic rings. The number of aromatic nitrogens is 2. The minimum atomic E-state index is 0.206. The third-order valence-corrected chi connectivity index (χ3v) is 3.61. The van der Waals surface area contributed by atoms with Gasteiger partial charge in [-0.15, -0.1) is 0 Å². The molecular weight excluding hydrogens is 240 g/mol. The Morgan fingerprint density at radius 1 is 1.37 bits per heavy atom. The number of rotatable bonds is 3. The molecule has 3 N–H and O–H groups in total. The first-order chi connectivity index (χ1) is 8.88. The molecule has 106 valence electrons. The smallest absolute Gasteiger partial charge is 0.225 e. The van der Waals surface area contributed by atoms with Crippen LogP contribution in [0.1, 0.15) is 40.0 Å². The SMILES string of the molecule is CNc1cc(OC2CC(C)CC(C)(C)C2)nc(N)n1. The van der Waals surface area contributed by atoms with Crippen molar-refractivity contribution in [1.29, 1.82) is 0 Å². The van der Waals surface area contributed by atoms with Gasteiger partial charge in [-0.1, -0.05) is 20.8 Å². The molecule has 5 nitrogen and oxygen atoms in total. The van der Waals surface area contributed by atoms with E-state index in [4.69, 9.17) is 10.5 Å². The lowest BCUT2D eigenvalue weighted by Gasteiger charge is -2.38. The van der Waals surface area contributed by atoms with Gasteiger partial charge in [-0.05, 0) is 30.6 Å². The Bertz CT molecular complexity index is 447. The summed E-state index contributed by atoms with van der Waals surface area (Å²) in [7, 11) is 1.80. The van der Waals surface area contributed by atoms with E-state index in [1.54, 1.807) is 13.1 Å². The van der Waals surface area contributed by atoms with Crippen molar-refractivity contribution in [2.45, 2.75) is 46.1 Å². The van der Waals surface area contributed by atoms with Crippen molar-refractivity contribution in [3.63, 3.8) is 0 Å². The van der Waals surface area contributed by atoms with Crippen molar-refractivity contribution < 1.29 is 4.74 Å². The lowest BCUT2D eigenvalue weighted by molar-refractivity contribution is 0.0533. The van der Waals surface area contributed by atoms with E-state index in [1.807, 2.05) is 0 Å². The maximum absolute atomic E-state index is 6.01. The summed E-state index contributed by atoms with van der Waals surface area (Å²) < 4.78 is 6.01. The van der Waals surface area contributed by atoms with Gasteiger partial charge in [0.05, 0.1) is 0 Å². The van der Waals surface area contributed by atoms with Gasteiger partial charge in [0.2, 0.25) is 11.8 Å². The molecule has 2 atom stereocenters. The van der Waals surface area contributed by atoms with E-state index in [-0.39, 0.29) is 12.1 Å². The van der Waals surface area contributed by atoms with Gasteiger partial charge in [0.25, 0.3) is 0 Å². The highest BCUT2D eigenvalue weighted by Gasteiger charge is 2.33. The number of hydrogen-bond donors (Lipinski definition) is 2. The first-order valence-electron chi connectivity index (χ1n) is 6.87. The summed E-state index contributed by atoms with van der Waals surface area (Å²) in [5.74, 6) is 2.17. The van der Waals surface area contributed by atoms with Crippen LogP contribution in [0, 0.1) is 11.3 Å². The fourth-order valence-electron chi connectivity index (χ4n) is 3.15. The van der Waals surface area contributed by atoms with E-state index in [9.17, 15) is 0 Å². The maximum atomic E-state index is 6.01. The van der Waals surface area contributed by atoms with Crippen LogP contribution in [0.2, 0.25) is 0 Å². The van der Waals surface area contributed by atoms with Gasteiger partial charge in [-0.25, -0.2) is 0 Å². The molecule has 2 rings (SSSR count). The quantitative estimate of drug-likeness (QED) is 0.878. The van der Waals surface area contributed by atoms with Gasteiger partial charge < -0.3 is 15.8 Å². The number of hydrogen-bond acceptors (Lipinski definition) is 5. The molecule has 2 unspecified atom stereocenters. The first-order valence-corrected chi connectivity index (χ1v) is 6.87. The van der Waals surface area contributed by atoms with E-state index in [1.165, 1.54) is 6.42 Å². The summed E-state index contributed by atoms with van der Waals surface area (Å²) in [5.41, 5.74) is 6.00. The van der Waals surface area contributed by atoms with Crippen LogP contribution in [0.15, 0.2) is 6.07 Å². The first kappa shape index (κ1) is 13.9. The summed E-state index contributed by atoms with van der Waals surface area (Å²) >= 11 is 0. The van der Waals surface area contributed by atoms with E-state index >= 15 is 0 Å². The predicted octanol–water partition coefficient (Wildman–Crippen LogP) is 2.69. The third-order valence-electron chi connectivity index (χ3n) is 3.61. The van der Waals surface area contributed by atoms with Crippen LogP contribution in [0.5, 0.6) is 5.88 Å². The number of nitrogens with zero attached hydrogens (tertiary/aromatic N) is 2. The summed E-state index contributed by atoms with van der Waals surface area (Å²) in [4.78, 5) is 8.22. The van der Waals surface area contributed by atoms with Gasteiger partial charge in [-0.2, -0.15) is 9.97 Å². The molecule has 0 radical (unpaired) electrons. The minimum absolute atomic E-state index is 0.206. The number of ether oxygens (including phenoxy) is 1. The highest BCUT2D eigenvalue weighted by atomic mass is 16.5. The number of nitrogen functional groups attached to an aromatic ring is 1. The van der Waals surface area contributed by atoms with Crippen molar-refractivity contribution in [2.24, 2.45) is 11.3 Å². The van der Waals surface area contributed by atoms with E-state index in [0.717, 1.165) is 12.8 Å². The minimum Gasteiger partial charge on any atom is -0.474 e. The molecule has 0 saturated heterocycles. The topological polar surface area (TPSA) is 73.1 Å². The number of nitrogens with two attached hydrogens (primary N) is 1. The van der Waals surface area contributed by atoms with Crippen LogP contribution in [0.3, 0.4) is 0 Å². The number of anilines is 2. The van der Waals surface area contributed by atoms with Crippen LogP contribution in [-0.4, -0.2) is 23.1 Å². The molecule has 1 heterocycles. The Hall–Kier alpha value is -1.52. The third kappa shape index (κ3) is 3.72. The van der Waals surface area contributed by atoms with E-state index in [2.05, 4.69) is 36.1 Å². The Labute approximate surface area is 115 Å². The fourth-order valence-corrected chi connectivity index (χ4v) is 3.15. The molecule has 0 aromatic carbocycles. The van der Waals surface area contributed by atoms with Crippen molar-refractivity contribution in [2.75, 3.05) is 18.1 Å². The lowest BCUT2D eigenvalue weighted by Crippen LogP contribution is -2.34. The second-order valence-corrected chi connectivity index (χ2v) is 6.35. The van der Waals surface area contributed by atoms with Crippen LogP contribution in [-0.2, 0) is 0 Å². The van der Waals surface area contributed by atoms with Gasteiger partial charge >= 0.3 is 0 Å². The highest BCUT2D eigenvalue weighted by Crippen LogP contribution is 2.39.